The van der Waals surface area contributed by atoms with E-state index < -0.39 is 0 Å². The van der Waals surface area contributed by atoms with Crippen molar-refractivity contribution in [3.63, 3.8) is 0 Å². The number of rotatable bonds is 2. The van der Waals surface area contributed by atoms with Gasteiger partial charge in [-0.1, -0.05) is 29.3 Å². The second-order valence-electron chi connectivity index (χ2n) is 5.57. The summed E-state index contributed by atoms with van der Waals surface area (Å²) in [4.78, 5) is 18.2. The lowest BCUT2D eigenvalue weighted by atomic mass is 10.1. The van der Waals surface area contributed by atoms with Crippen molar-refractivity contribution in [3.8, 4) is 0 Å². The van der Waals surface area contributed by atoms with Crippen molar-refractivity contribution < 1.29 is 4.79 Å². The molecule has 0 saturated carbocycles. The zero-order valence-corrected chi connectivity index (χ0v) is 15.7. The number of carbonyl (C=O) groups is 1. The zero-order chi connectivity index (χ0) is 17.6. The number of aromatic nitrogens is 1. The third-order valence-electron chi connectivity index (χ3n) is 3.87. The minimum Gasteiger partial charge on any atom is -0.397 e. The summed E-state index contributed by atoms with van der Waals surface area (Å²) in [6.07, 6.45) is 0. The largest absolute Gasteiger partial charge is 0.397 e. The summed E-state index contributed by atoms with van der Waals surface area (Å²) in [6, 6.07) is 5.34. The lowest BCUT2D eigenvalue weighted by molar-refractivity contribution is 0.103. The van der Waals surface area contributed by atoms with E-state index in [0.717, 1.165) is 22.2 Å². The predicted octanol–water partition coefficient (Wildman–Crippen LogP) is 5.36. The van der Waals surface area contributed by atoms with Crippen molar-refractivity contribution in [2.24, 2.45) is 0 Å². The Morgan fingerprint density at radius 2 is 1.96 bits per heavy atom. The zero-order valence-electron chi connectivity index (χ0n) is 13.3. The number of benzene rings is 1. The average molecular weight is 380 g/mol. The van der Waals surface area contributed by atoms with E-state index in [1.165, 1.54) is 11.3 Å². The molecule has 0 aliphatic rings. The molecule has 0 aliphatic carbocycles. The molecule has 4 nitrogen and oxygen atoms in total. The van der Waals surface area contributed by atoms with Crippen LogP contribution in [0.25, 0.3) is 10.2 Å². The molecule has 7 heteroatoms. The first-order chi connectivity index (χ1) is 11.3. The van der Waals surface area contributed by atoms with Crippen LogP contribution in [0.5, 0.6) is 0 Å². The minimum absolute atomic E-state index is 0.283. The Kier molecular flexibility index (Phi) is 4.42. The Morgan fingerprint density at radius 1 is 1.25 bits per heavy atom. The molecule has 2 aromatic heterocycles. The molecule has 0 unspecified atom stereocenters. The fourth-order valence-electron chi connectivity index (χ4n) is 2.53. The van der Waals surface area contributed by atoms with Gasteiger partial charge in [-0.25, -0.2) is 4.98 Å². The molecule has 0 spiro atoms. The molecule has 1 aromatic carbocycles. The highest BCUT2D eigenvalue weighted by molar-refractivity contribution is 7.21. The normalized spacial score (nSPS) is 11.0. The van der Waals surface area contributed by atoms with Gasteiger partial charge in [0, 0.05) is 16.1 Å². The topological polar surface area (TPSA) is 68.0 Å². The van der Waals surface area contributed by atoms with E-state index in [2.05, 4.69) is 10.3 Å². The average Bonchev–Trinajstić information content (AvgIpc) is 2.85. The Bertz CT molecular complexity index is 982. The molecule has 0 bridgehead atoms. The standard InChI is InChI=1S/C17H15Cl2N3OS/c1-7-4-5-10(18)6-11(7)22-16(23)15-14(20)12-8(2)13(19)9(3)21-17(12)24-15/h4-6H,20H2,1-3H3,(H,22,23). The number of halogens is 2. The molecule has 0 fully saturated rings. The van der Waals surface area contributed by atoms with E-state index >= 15 is 0 Å². The maximum absolute atomic E-state index is 12.7. The highest BCUT2D eigenvalue weighted by atomic mass is 35.5. The van der Waals surface area contributed by atoms with Crippen LogP contribution in [0.1, 0.15) is 26.5 Å². The number of fused-ring (bicyclic) bond motifs is 1. The molecule has 124 valence electrons. The van der Waals surface area contributed by atoms with Gasteiger partial charge in [0.1, 0.15) is 9.71 Å². The molecule has 0 radical (unpaired) electrons. The summed E-state index contributed by atoms with van der Waals surface area (Å²) in [6.45, 7) is 5.61. The lowest BCUT2D eigenvalue weighted by Gasteiger charge is -2.08. The number of amides is 1. The van der Waals surface area contributed by atoms with Crippen LogP contribution in [0, 0.1) is 20.8 Å². The number of nitrogens with one attached hydrogen (secondary N) is 1. The number of hydrogen-bond acceptors (Lipinski definition) is 4. The second-order valence-corrected chi connectivity index (χ2v) is 7.39. The summed E-state index contributed by atoms with van der Waals surface area (Å²) in [5, 5.41) is 4.73. The molecule has 0 aliphatic heterocycles. The van der Waals surface area contributed by atoms with E-state index in [1.54, 1.807) is 12.1 Å². The van der Waals surface area contributed by atoms with E-state index in [4.69, 9.17) is 28.9 Å². The quantitative estimate of drug-likeness (QED) is 0.629. The van der Waals surface area contributed by atoms with Crippen LogP contribution >= 0.6 is 34.5 Å². The summed E-state index contributed by atoms with van der Waals surface area (Å²) >= 11 is 13.5. The van der Waals surface area contributed by atoms with Crippen molar-refractivity contribution in [2.45, 2.75) is 20.8 Å². The van der Waals surface area contributed by atoms with Crippen LogP contribution in [0.15, 0.2) is 18.2 Å². The Hall–Kier alpha value is -1.82. The highest BCUT2D eigenvalue weighted by Crippen LogP contribution is 2.38. The number of carbonyl (C=O) groups excluding carboxylic acids is 1. The summed E-state index contributed by atoms with van der Waals surface area (Å²) in [5.74, 6) is -0.283. The predicted molar refractivity (Wildman–Crippen MR) is 103 cm³/mol. The third-order valence-corrected chi connectivity index (χ3v) is 5.76. The number of nitrogens with zero attached hydrogens (tertiary/aromatic N) is 1. The van der Waals surface area contributed by atoms with Gasteiger partial charge in [-0.15, -0.1) is 11.3 Å². The van der Waals surface area contributed by atoms with Crippen LogP contribution < -0.4 is 11.1 Å². The van der Waals surface area contributed by atoms with Crippen molar-refractivity contribution >= 4 is 62.0 Å². The summed E-state index contributed by atoms with van der Waals surface area (Å²) in [5.41, 5.74) is 9.74. The third kappa shape index (κ3) is 2.83. The molecule has 24 heavy (non-hydrogen) atoms. The van der Waals surface area contributed by atoms with Crippen LogP contribution in [-0.2, 0) is 0 Å². The lowest BCUT2D eigenvalue weighted by Crippen LogP contribution is -2.12. The highest BCUT2D eigenvalue weighted by Gasteiger charge is 2.21. The SMILES string of the molecule is Cc1ccc(Cl)cc1NC(=O)c1sc2nc(C)c(Cl)c(C)c2c1N. The van der Waals surface area contributed by atoms with Gasteiger partial charge in [0.15, 0.2) is 0 Å². The van der Waals surface area contributed by atoms with Crippen molar-refractivity contribution in [3.05, 3.63) is 49.9 Å². The molecule has 3 N–H and O–H groups in total. The molecule has 0 atom stereocenters. The molecular formula is C17H15Cl2N3OS. The second kappa shape index (κ2) is 6.24. The van der Waals surface area contributed by atoms with Gasteiger partial charge in [-0.05, 0) is 44.0 Å². The first-order valence-electron chi connectivity index (χ1n) is 7.21. The van der Waals surface area contributed by atoms with E-state index in [9.17, 15) is 4.79 Å². The summed E-state index contributed by atoms with van der Waals surface area (Å²) in [7, 11) is 0. The first-order valence-corrected chi connectivity index (χ1v) is 8.79. The van der Waals surface area contributed by atoms with Crippen molar-refractivity contribution in [1.82, 2.24) is 4.98 Å². The van der Waals surface area contributed by atoms with Gasteiger partial charge in [0.2, 0.25) is 0 Å². The number of anilines is 2. The van der Waals surface area contributed by atoms with Crippen molar-refractivity contribution in [1.29, 1.82) is 0 Å². The van der Waals surface area contributed by atoms with E-state index in [-0.39, 0.29) is 5.91 Å². The van der Waals surface area contributed by atoms with Gasteiger partial charge in [-0.2, -0.15) is 0 Å². The number of thiophene rings is 1. The van der Waals surface area contributed by atoms with Crippen molar-refractivity contribution in [2.75, 3.05) is 11.1 Å². The monoisotopic (exact) mass is 379 g/mol. The number of nitrogens with two attached hydrogens (primary N) is 1. The Balaban J connectivity index is 2.06. The molecule has 3 aromatic rings. The van der Waals surface area contributed by atoms with Gasteiger partial charge < -0.3 is 11.1 Å². The minimum atomic E-state index is -0.283. The Labute approximate surface area is 153 Å². The number of pyridine rings is 1. The number of hydrogen-bond donors (Lipinski definition) is 2. The van der Waals surface area contributed by atoms with Gasteiger partial charge in [0.05, 0.1) is 16.4 Å². The molecular weight excluding hydrogens is 365 g/mol. The van der Waals surface area contributed by atoms with Crippen LogP contribution in [0.3, 0.4) is 0 Å². The van der Waals surface area contributed by atoms with E-state index in [1.807, 2.05) is 26.8 Å². The Morgan fingerprint density at radius 3 is 2.67 bits per heavy atom. The molecule has 1 amide bonds. The maximum atomic E-state index is 12.7. The number of aryl methyl sites for hydroxylation is 3. The van der Waals surface area contributed by atoms with Crippen LogP contribution in [0.4, 0.5) is 11.4 Å². The van der Waals surface area contributed by atoms with Gasteiger partial charge >= 0.3 is 0 Å². The molecule has 2 heterocycles. The fraction of sp³-hybridized carbons (Fsp3) is 0.176. The maximum Gasteiger partial charge on any atom is 0.267 e. The van der Waals surface area contributed by atoms with Gasteiger partial charge in [-0.3, -0.25) is 4.79 Å². The van der Waals surface area contributed by atoms with Gasteiger partial charge in [0.25, 0.3) is 5.91 Å². The molecule has 3 rings (SSSR count). The smallest absolute Gasteiger partial charge is 0.267 e. The number of nitrogen functional groups attached to an aromatic ring is 1. The van der Waals surface area contributed by atoms with Crippen LogP contribution in [0.2, 0.25) is 10.0 Å². The first kappa shape index (κ1) is 17.0. The fourth-order valence-corrected chi connectivity index (χ4v) is 3.94. The summed E-state index contributed by atoms with van der Waals surface area (Å²) < 4.78 is 0. The molecule has 0 saturated heterocycles. The van der Waals surface area contributed by atoms with E-state index in [0.29, 0.717) is 31.1 Å². The van der Waals surface area contributed by atoms with Crippen LogP contribution in [-0.4, -0.2) is 10.9 Å².